The van der Waals surface area contributed by atoms with Gasteiger partial charge in [-0.1, -0.05) is 127 Å². The van der Waals surface area contributed by atoms with Gasteiger partial charge in [-0.2, -0.15) is 0 Å². The van der Waals surface area contributed by atoms with Gasteiger partial charge in [-0.25, -0.2) is 0 Å². The monoisotopic (exact) mass is 626 g/mol. The topological polar surface area (TPSA) is 13.1 Å². The summed E-state index contributed by atoms with van der Waals surface area (Å²) >= 11 is 1.89. The zero-order chi connectivity index (χ0) is 31.3. The van der Waals surface area contributed by atoms with Crippen LogP contribution < -0.4 is 0 Å². The van der Waals surface area contributed by atoms with Crippen LogP contribution in [0.25, 0.3) is 107 Å². The molecule has 0 radical (unpaired) electrons. The molecule has 11 rings (SSSR count). The molecule has 0 aliphatic heterocycles. The Morgan fingerprint density at radius 1 is 0.354 bits per heavy atom. The second kappa shape index (κ2) is 9.78. The largest absolute Gasteiger partial charge is 0.456 e. The van der Waals surface area contributed by atoms with Crippen molar-refractivity contribution in [3.63, 3.8) is 0 Å². The first-order valence-electron chi connectivity index (χ1n) is 16.4. The Hall–Kier alpha value is -5.96. The van der Waals surface area contributed by atoms with Crippen molar-refractivity contribution in [2.45, 2.75) is 0 Å². The van der Waals surface area contributed by atoms with Gasteiger partial charge >= 0.3 is 0 Å². The van der Waals surface area contributed by atoms with E-state index in [1.807, 2.05) is 17.4 Å². The normalized spacial score (nSPS) is 12.2. The summed E-state index contributed by atoms with van der Waals surface area (Å²) in [5.74, 6) is 0. The standard InChI is InChI=1S/C46H26OS/c1-2-10-29-25-30(18-17-27(29)9-1)42-32-11-3-5-13-34(32)43(35-14-6-4-12-33(35)42)31-21-24-41-38(26-31)36-22-19-28-20-23-40-45(44(28)46(36)48-41)37-15-7-8-16-39(37)47-40/h1-26H. The summed E-state index contributed by atoms with van der Waals surface area (Å²) < 4.78 is 8.93. The fourth-order valence-corrected chi connectivity index (χ4v) is 9.35. The molecule has 0 atom stereocenters. The number of thiophene rings is 1. The SMILES string of the molecule is c1ccc2cc(-c3c4ccccc4c(-c4ccc5sc6c(ccc7ccc8oc9ccccc9c8c76)c5c4)c4ccccc34)ccc2c1. The summed E-state index contributed by atoms with van der Waals surface area (Å²) in [6.45, 7) is 0. The van der Waals surface area contributed by atoms with Crippen LogP contribution in [0.3, 0.4) is 0 Å². The first kappa shape index (κ1) is 26.1. The molecule has 222 valence electrons. The Kier molecular flexibility index (Phi) is 5.32. The number of rotatable bonds is 2. The molecule has 11 aromatic rings. The van der Waals surface area contributed by atoms with Crippen LogP contribution in [0.15, 0.2) is 162 Å². The molecule has 2 heteroatoms. The van der Waals surface area contributed by atoms with Gasteiger partial charge in [-0.3, -0.25) is 0 Å². The molecule has 0 saturated carbocycles. The lowest BCUT2D eigenvalue weighted by Gasteiger charge is -2.18. The van der Waals surface area contributed by atoms with E-state index in [9.17, 15) is 0 Å². The third-order valence-corrected chi connectivity index (χ3v) is 11.4. The molecule has 9 aromatic carbocycles. The Morgan fingerprint density at radius 2 is 0.938 bits per heavy atom. The van der Waals surface area contributed by atoms with Crippen LogP contribution in [0.2, 0.25) is 0 Å². The van der Waals surface area contributed by atoms with Crippen LogP contribution in [0.4, 0.5) is 0 Å². The highest BCUT2D eigenvalue weighted by molar-refractivity contribution is 7.26. The molecule has 0 bridgehead atoms. The predicted octanol–water partition coefficient (Wildman–Crippen LogP) is 13.9. The minimum absolute atomic E-state index is 0.936. The van der Waals surface area contributed by atoms with Crippen LogP contribution in [0.5, 0.6) is 0 Å². The molecule has 0 spiro atoms. The number of para-hydroxylation sites is 1. The van der Waals surface area contributed by atoms with Crippen LogP contribution in [-0.2, 0) is 0 Å². The van der Waals surface area contributed by atoms with Crippen molar-refractivity contribution in [2.75, 3.05) is 0 Å². The molecule has 2 heterocycles. The van der Waals surface area contributed by atoms with Crippen molar-refractivity contribution in [3.8, 4) is 22.3 Å². The molecule has 0 saturated heterocycles. The third-order valence-electron chi connectivity index (χ3n) is 10.2. The molecule has 0 aliphatic rings. The van der Waals surface area contributed by atoms with E-state index in [0.717, 1.165) is 11.2 Å². The van der Waals surface area contributed by atoms with Crippen LogP contribution in [0, 0.1) is 0 Å². The fraction of sp³-hybridized carbons (Fsp3) is 0. The zero-order valence-electron chi connectivity index (χ0n) is 25.8. The average Bonchev–Trinajstić information content (AvgIpc) is 3.72. The van der Waals surface area contributed by atoms with E-state index in [1.165, 1.54) is 96.3 Å². The molecule has 1 nitrogen and oxygen atoms in total. The summed E-state index contributed by atoms with van der Waals surface area (Å²) in [5, 5.41) is 15.1. The molecule has 0 unspecified atom stereocenters. The van der Waals surface area contributed by atoms with E-state index in [2.05, 4.69) is 152 Å². The van der Waals surface area contributed by atoms with Crippen molar-refractivity contribution in [3.05, 3.63) is 158 Å². The fourth-order valence-electron chi connectivity index (χ4n) is 8.11. The highest BCUT2D eigenvalue weighted by Gasteiger charge is 2.19. The minimum atomic E-state index is 0.936. The van der Waals surface area contributed by atoms with Gasteiger partial charge < -0.3 is 4.42 Å². The van der Waals surface area contributed by atoms with E-state index in [-0.39, 0.29) is 0 Å². The maximum Gasteiger partial charge on any atom is 0.136 e. The van der Waals surface area contributed by atoms with Crippen molar-refractivity contribution in [2.24, 2.45) is 0 Å². The van der Waals surface area contributed by atoms with Gasteiger partial charge in [0, 0.05) is 36.3 Å². The highest BCUT2D eigenvalue weighted by atomic mass is 32.1. The van der Waals surface area contributed by atoms with Gasteiger partial charge in [-0.05, 0) is 90.3 Å². The van der Waals surface area contributed by atoms with E-state index >= 15 is 0 Å². The van der Waals surface area contributed by atoms with Gasteiger partial charge in [0.1, 0.15) is 11.2 Å². The molecule has 2 aromatic heterocycles. The number of fused-ring (bicyclic) bond motifs is 12. The Morgan fingerprint density at radius 3 is 1.69 bits per heavy atom. The summed E-state index contributed by atoms with van der Waals surface area (Å²) in [7, 11) is 0. The van der Waals surface area contributed by atoms with E-state index in [0.29, 0.717) is 0 Å². The predicted molar refractivity (Wildman–Crippen MR) is 208 cm³/mol. The van der Waals surface area contributed by atoms with Crippen molar-refractivity contribution < 1.29 is 4.42 Å². The first-order valence-corrected chi connectivity index (χ1v) is 17.2. The van der Waals surface area contributed by atoms with Gasteiger partial charge in [0.05, 0.1) is 0 Å². The molecule has 0 amide bonds. The summed E-state index contributed by atoms with van der Waals surface area (Å²) in [6, 6.07) is 57.8. The molecule has 0 aliphatic carbocycles. The molecular weight excluding hydrogens is 601 g/mol. The Bertz CT molecular complexity index is 3060. The number of hydrogen-bond donors (Lipinski definition) is 0. The summed E-state index contributed by atoms with van der Waals surface area (Å²) in [5.41, 5.74) is 6.95. The van der Waals surface area contributed by atoms with Crippen molar-refractivity contribution in [1.29, 1.82) is 0 Å². The zero-order valence-corrected chi connectivity index (χ0v) is 26.6. The smallest absolute Gasteiger partial charge is 0.136 e. The van der Waals surface area contributed by atoms with Crippen molar-refractivity contribution >= 4 is 96.5 Å². The van der Waals surface area contributed by atoms with Gasteiger partial charge in [0.15, 0.2) is 0 Å². The van der Waals surface area contributed by atoms with E-state index < -0.39 is 0 Å². The quantitative estimate of drug-likeness (QED) is 0.174. The van der Waals surface area contributed by atoms with Gasteiger partial charge in [0.2, 0.25) is 0 Å². The first-order chi connectivity index (χ1) is 23.8. The molecule has 0 fully saturated rings. The van der Waals surface area contributed by atoms with Crippen molar-refractivity contribution in [1.82, 2.24) is 0 Å². The second-order valence-corrected chi connectivity index (χ2v) is 13.8. The van der Waals surface area contributed by atoms with E-state index in [4.69, 9.17) is 4.42 Å². The molecular formula is C46H26OS. The average molecular weight is 627 g/mol. The molecule has 0 N–H and O–H groups in total. The third kappa shape index (κ3) is 3.61. The van der Waals surface area contributed by atoms with Gasteiger partial charge in [0.25, 0.3) is 0 Å². The minimum Gasteiger partial charge on any atom is -0.456 e. The van der Waals surface area contributed by atoms with E-state index in [1.54, 1.807) is 0 Å². The lowest BCUT2D eigenvalue weighted by Crippen LogP contribution is -1.91. The summed E-state index contributed by atoms with van der Waals surface area (Å²) in [4.78, 5) is 0. The number of hydrogen-bond acceptors (Lipinski definition) is 2. The Balaban J connectivity index is 1.21. The lowest BCUT2D eigenvalue weighted by atomic mass is 9.85. The maximum absolute atomic E-state index is 6.31. The number of furan rings is 1. The highest BCUT2D eigenvalue weighted by Crippen LogP contribution is 2.47. The van der Waals surface area contributed by atoms with Gasteiger partial charge in [-0.15, -0.1) is 11.3 Å². The number of benzene rings is 9. The molecule has 48 heavy (non-hydrogen) atoms. The Labute approximate surface area is 279 Å². The van der Waals surface area contributed by atoms with Crippen LogP contribution >= 0.6 is 11.3 Å². The lowest BCUT2D eigenvalue weighted by molar-refractivity contribution is 0.669. The second-order valence-electron chi connectivity index (χ2n) is 12.8. The summed E-state index contributed by atoms with van der Waals surface area (Å²) in [6.07, 6.45) is 0. The maximum atomic E-state index is 6.31. The van der Waals surface area contributed by atoms with Crippen LogP contribution in [0.1, 0.15) is 0 Å². The van der Waals surface area contributed by atoms with Crippen LogP contribution in [-0.4, -0.2) is 0 Å².